The van der Waals surface area contributed by atoms with Crippen molar-refractivity contribution in [2.24, 2.45) is 0 Å². The lowest BCUT2D eigenvalue weighted by atomic mass is 9.96. The third-order valence-electron chi connectivity index (χ3n) is 4.06. The standard InChI is InChI=1S/C16H24BrNO/c1-19-16-10-9-14(17)11-13(16)12-18-15-7-5-3-2-4-6-8-15/h9-11,15,18H,2-8,12H2,1H3/p+1. The molecule has 0 aromatic heterocycles. The van der Waals surface area contributed by atoms with E-state index in [1.165, 1.54) is 50.5 Å². The minimum absolute atomic E-state index is 0.795. The van der Waals surface area contributed by atoms with Crippen LogP contribution in [0.25, 0.3) is 0 Å². The van der Waals surface area contributed by atoms with Crippen LogP contribution in [0.15, 0.2) is 22.7 Å². The van der Waals surface area contributed by atoms with Gasteiger partial charge in [-0.3, -0.25) is 0 Å². The zero-order valence-corrected chi connectivity index (χ0v) is 13.4. The molecule has 0 radical (unpaired) electrons. The van der Waals surface area contributed by atoms with E-state index < -0.39 is 0 Å². The Hall–Kier alpha value is -0.540. The summed E-state index contributed by atoms with van der Waals surface area (Å²) in [5.74, 6) is 1.00. The van der Waals surface area contributed by atoms with Gasteiger partial charge >= 0.3 is 0 Å². The first-order valence-corrected chi connectivity index (χ1v) is 8.24. The summed E-state index contributed by atoms with van der Waals surface area (Å²) in [5, 5.41) is 2.51. The van der Waals surface area contributed by atoms with Crippen LogP contribution in [0.3, 0.4) is 0 Å². The van der Waals surface area contributed by atoms with Gasteiger partial charge in [0.25, 0.3) is 0 Å². The second-order valence-electron chi connectivity index (χ2n) is 5.50. The Morgan fingerprint density at radius 3 is 2.53 bits per heavy atom. The molecule has 0 unspecified atom stereocenters. The molecule has 0 amide bonds. The lowest BCUT2D eigenvalue weighted by molar-refractivity contribution is -0.706. The van der Waals surface area contributed by atoms with Crippen molar-refractivity contribution in [3.8, 4) is 5.75 Å². The second kappa shape index (κ2) is 7.91. The van der Waals surface area contributed by atoms with Crippen molar-refractivity contribution in [2.45, 2.75) is 57.5 Å². The highest BCUT2D eigenvalue weighted by Gasteiger charge is 2.15. The van der Waals surface area contributed by atoms with Crippen molar-refractivity contribution in [3.63, 3.8) is 0 Å². The smallest absolute Gasteiger partial charge is 0.127 e. The van der Waals surface area contributed by atoms with E-state index in [4.69, 9.17) is 4.74 Å². The molecule has 2 N–H and O–H groups in total. The number of hydrogen-bond acceptors (Lipinski definition) is 1. The van der Waals surface area contributed by atoms with E-state index >= 15 is 0 Å². The van der Waals surface area contributed by atoms with Gasteiger partial charge in [-0.25, -0.2) is 0 Å². The van der Waals surface area contributed by atoms with Crippen molar-refractivity contribution >= 4 is 15.9 Å². The molecule has 0 heterocycles. The predicted octanol–water partition coefficient (Wildman–Crippen LogP) is 3.63. The van der Waals surface area contributed by atoms with Gasteiger partial charge in [0.05, 0.1) is 13.2 Å². The van der Waals surface area contributed by atoms with Gasteiger partial charge in [0, 0.05) is 10.0 Å². The molecule has 1 aromatic rings. The quantitative estimate of drug-likeness (QED) is 0.898. The van der Waals surface area contributed by atoms with Gasteiger partial charge in [-0.15, -0.1) is 0 Å². The summed E-state index contributed by atoms with van der Waals surface area (Å²) in [4.78, 5) is 0. The molecule has 2 nitrogen and oxygen atoms in total. The molecule has 1 aliphatic carbocycles. The molecule has 1 fully saturated rings. The average molecular weight is 327 g/mol. The van der Waals surface area contributed by atoms with Gasteiger partial charge in [-0.1, -0.05) is 35.2 Å². The van der Waals surface area contributed by atoms with Crippen LogP contribution in [0.4, 0.5) is 0 Å². The number of hydrogen-bond donors (Lipinski definition) is 1. The first-order valence-electron chi connectivity index (χ1n) is 7.45. The van der Waals surface area contributed by atoms with E-state index in [9.17, 15) is 0 Å². The second-order valence-corrected chi connectivity index (χ2v) is 6.42. The average Bonchev–Trinajstić information content (AvgIpc) is 2.37. The van der Waals surface area contributed by atoms with E-state index in [1.54, 1.807) is 7.11 Å². The zero-order chi connectivity index (χ0) is 13.5. The predicted molar refractivity (Wildman–Crippen MR) is 82.4 cm³/mol. The Bertz CT molecular complexity index is 386. The molecule has 0 aliphatic heterocycles. The molecule has 0 atom stereocenters. The molecule has 19 heavy (non-hydrogen) atoms. The molecule has 106 valence electrons. The number of ether oxygens (including phenoxy) is 1. The van der Waals surface area contributed by atoms with E-state index in [0.717, 1.165) is 22.8 Å². The van der Waals surface area contributed by atoms with Crippen LogP contribution < -0.4 is 10.1 Å². The van der Waals surface area contributed by atoms with Crippen molar-refractivity contribution in [2.75, 3.05) is 7.11 Å². The first kappa shape index (κ1) is 14.9. The van der Waals surface area contributed by atoms with Crippen LogP contribution in [-0.2, 0) is 6.54 Å². The summed E-state index contributed by atoms with van der Waals surface area (Å²) in [6, 6.07) is 7.06. The number of quaternary nitrogens is 1. The van der Waals surface area contributed by atoms with E-state index in [-0.39, 0.29) is 0 Å². The third-order valence-corrected chi connectivity index (χ3v) is 4.56. The first-order chi connectivity index (χ1) is 9.29. The van der Waals surface area contributed by atoms with Gasteiger partial charge in [-0.05, 0) is 43.9 Å². The van der Waals surface area contributed by atoms with Crippen molar-refractivity contribution in [1.29, 1.82) is 0 Å². The maximum absolute atomic E-state index is 5.44. The van der Waals surface area contributed by atoms with Gasteiger partial charge in [0.15, 0.2) is 0 Å². The Labute approximate surface area is 125 Å². The van der Waals surface area contributed by atoms with Gasteiger partial charge in [0.1, 0.15) is 12.3 Å². The van der Waals surface area contributed by atoms with E-state index in [1.807, 2.05) is 12.1 Å². The molecule has 0 bridgehead atoms. The van der Waals surface area contributed by atoms with E-state index in [0.29, 0.717) is 0 Å². The summed E-state index contributed by atoms with van der Waals surface area (Å²) >= 11 is 3.54. The Morgan fingerprint density at radius 1 is 1.16 bits per heavy atom. The summed E-state index contributed by atoms with van der Waals surface area (Å²) < 4.78 is 6.58. The number of rotatable bonds is 4. The SMILES string of the molecule is COc1ccc(Br)cc1C[NH2+]C1CCCCCCC1. The van der Waals surface area contributed by atoms with Gasteiger partial charge in [0.2, 0.25) is 0 Å². The normalized spacial score (nSPS) is 17.8. The van der Waals surface area contributed by atoms with E-state index in [2.05, 4.69) is 27.3 Å². The molecule has 2 rings (SSSR count). The fraction of sp³-hybridized carbons (Fsp3) is 0.625. The van der Waals surface area contributed by atoms with Gasteiger partial charge < -0.3 is 10.1 Å². The molecule has 0 saturated heterocycles. The highest BCUT2D eigenvalue weighted by Crippen LogP contribution is 2.22. The molecular weight excluding hydrogens is 302 g/mol. The number of nitrogens with two attached hydrogens (primary N) is 1. The van der Waals surface area contributed by atoms with Crippen LogP contribution in [-0.4, -0.2) is 13.2 Å². The molecule has 0 spiro atoms. The highest BCUT2D eigenvalue weighted by atomic mass is 79.9. The minimum Gasteiger partial charge on any atom is -0.496 e. The Kier molecular flexibility index (Phi) is 6.18. The largest absolute Gasteiger partial charge is 0.496 e. The van der Waals surface area contributed by atoms with Crippen LogP contribution in [0.2, 0.25) is 0 Å². The molecule has 1 aliphatic rings. The number of benzene rings is 1. The minimum atomic E-state index is 0.795. The zero-order valence-electron chi connectivity index (χ0n) is 11.8. The molecule has 1 saturated carbocycles. The monoisotopic (exact) mass is 326 g/mol. The maximum Gasteiger partial charge on any atom is 0.127 e. The van der Waals surface area contributed by atoms with Crippen molar-refractivity contribution < 1.29 is 10.1 Å². The highest BCUT2D eigenvalue weighted by molar-refractivity contribution is 9.10. The Morgan fingerprint density at radius 2 is 1.84 bits per heavy atom. The van der Waals surface area contributed by atoms with Crippen LogP contribution in [0, 0.1) is 0 Å². The molecule has 3 heteroatoms. The van der Waals surface area contributed by atoms with Gasteiger partial charge in [-0.2, -0.15) is 0 Å². The van der Waals surface area contributed by atoms with Crippen molar-refractivity contribution in [3.05, 3.63) is 28.2 Å². The molecule has 1 aromatic carbocycles. The lowest BCUT2D eigenvalue weighted by Gasteiger charge is -2.19. The summed E-state index contributed by atoms with van der Waals surface area (Å²) in [6.07, 6.45) is 9.82. The summed E-state index contributed by atoms with van der Waals surface area (Å²) in [5.41, 5.74) is 1.29. The Balaban J connectivity index is 1.91. The van der Waals surface area contributed by atoms with Crippen molar-refractivity contribution in [1.82, 2.24) is 0 Å². The fourth-order valence-corrected chi connectivity index (χ4v) is 3.33. The number of methoxy groups -OCH3 is 1. The molecular formula is C16H25BrNO+. The summed E-state index contributed by atoms with van der Waals surface area (Å²) in [7, 11) is 1.75. The van der Waals surface area contributed by atoms with Crippen LogP contribution in [0.1, 0.15) is 50.5 Å². The summed E-state index contributed by atoms with van der Waals surface area (Å²) in [6.45, 7) is 1.02. The fourth-order valence-electron chi connectivity index (χ4n) is 2.92. The lowest BCUT2D eigenvalue weighted by Crippen LogP contribution is -2.88. The van der Waals surface area contributed by atoms with Crippen LogP contribution >= 0.6 is 15.9 Å². The topological polar surface area (TPSA) is 25.8 Å². The number of halogens is 1. The van der Waals surface area contributed by atoms with Crippen LogP contribution in [0.5, 0.6) is 5.75 Å². The maximum atomic E-state index is 5.44. The third kappa shape index (κ3) is 4.81.